The molecule has 5 rings (SSSR count). The van der Waals surface area contributed by atoms with Crippen molar-refractivity contribution in [2.75, 3.05) is 36.5 Å². The maximum absolute atomic E-state index is 12.5. The van der Waals surface area contributed by atoms with Gasteiger partial charge in [0, 0.05) is 47.8 Å². The molecule has 0 saturated carbocycles. The van der Waals surface area contributed by atoms with Crippen LogP contribution >= 0.6 is 0 Å². The van der Waals surface area contributed by atoms with Crippen LogP contribution in [-0.4, -0.2) is 43.4 Å². The Bertz CT molecular complexity index is 1060. The molecule has 1 fully saturated rings. The highest BCUT2D eigenvalue weighted by atomic mass is 16.5. The molecule has 0 bridgehead atoms. The van der Waals surface area contributed by atoms with Gasteiger partial charge in [-0.05, 0) is 42.5 Å². The largest absolute Gasteiger partial charge is 0.378 e. The lowest BCUT2D eigenvalue weighted by Crippen LogP contribution is -2.36. The van der Waals surface area contributed by atoms with Crippen molar-refractivity contribution in [2.45, 2.75) is 5.92 Å². The number of nitrogens with zero attached hydrogens (tertiary/aromatic N) is 3. The van der Waals surface area contributed by atoms with Crippen LogP contribution in [0, 0.1) is 0 Å². The zero-order valence-corrected chi connectivity index (χ0v) is 15.3. The number of aliphatic imine (C=N–C) groups is 1. The Balaban J connectivity index is 1.41. The van der Waals surface area contributed by atoms with Gasteiger partial charge in [-0.1, -0.05) is 6.07 Å². The number of benzene rings is 2. The van der Waals surface area contributed by atoms with Gasteiger partial charge in [-0.2, -0.15) is 0 Å². The van der Waals surface area contributed by atoms with Crippen LogP contribution in [0.1, 0.15) is 11.5 Å². The molecule has 2 aliphatic rings. The number of nitrogens with one attached hydrogen (secondary N) is 1. The van der Waals surface area contributed by atoms with E-state index in [1.807, 2.05) is 36.4 Å². The lowest BCUT2D eigenvalue weighted by atomic mass is 9.97. The van der Waals surface area contributed by atoms with Crippen molar-refractivity contribution in [1.82, 2.24) is 4.98 Å². The highest BCUT2D eigenvalue weighted by Gasteiger charge is 2.31. The van der Waals surface area contributed by atoms with Gasteiger partial charge in [0.1, 0.15) is 5.92 Å². The summed E-state index contributed by atoms with van der Waals surface area (Å²) in [6.45, 7) is 3.34. The number of fused-ring (bicyclic) bond motifs is 3. The van der Waals surface area contributed by atoms with E-state index in [9.17, 15) is 4.79 Å². The first-order valence-electron chi connectivity index (χ1n) is 9.45. The molecule has 1 N–H and O–H groups in total. The summed E-state index contributed by atoms with van der Waals surface area (Å²) < 4.78 is 5.40. The van der Waals surface area contributed by atoms with E-state index >= 15 is 0 Å². The van der Waals surface area contributed by atoms with Gasteiger partial charge in [0.15, 0.2) is 0 Å². The highest BCUT2D eigenvalue weighted by molar-refractivity contribution is 6.16. The van der Waals surface area contributed by atoms with E-state index in [1.54, 1.807) is 12.4 Å². The zero-order valence-electron chi connectivity index (χ0n) is 15.3. The maximum Gasteiger partial charge on any atom is 0.237 e. The predicted molar refractivity (Wildman–Crippen MR) is 111 cm³/mol. The third kappa shape index (κ3) is 3.01. The van der Waals surface area contributed by atoms with Crippen molar-refractivity contribution < 1.29 is 9.53 Å². The van der Waals surface area contributed by atoms with E-state index in [-0.39, 0.29) is 5.91 Å². The van der Waals surface area contributed by atoms with Gasteiger partial charge in [0.05, 0.1) is 24.4 Å². The number of hydrogen-bond acceptors (Lipinski definition) is 5. The van der Waals surface area contributed by atoms with Gasteiger partial charge >= 0.3 is 0 Å². The van der Waals surface area contributed by atoms with E-state index in [0.717, 1.165) is 54.1 Å². The summed E-state index contributed by atoms with van der Waals surface area (Å²) in [4.78, 5) is 23.8. The van der Waals surface area contributed by atoms with Crippen LogP contribution in [0.15, 0.2) is 59.7 Å². The molecule has 1 atom stereocenters. The highest BCUT2D eigenvalue weighted by Crippen LogP contribution is 2.37. The SMILES string of the molecule is O=C1Nc2ccc3ncccc3c2C1C=Nc1ccc(N2CCOCC2)cc1. The minimum Gasteiger partial charge on any atom is -0.378 e. The summed E-state index contributed by atoms with van der Waals surface area (Å²) in [5.41, 5.74) is 4.67. The van der Waals surface area contributed by atoms with Crippen LogP contribution < -0.4 is 10.2 Å². The number of carbonyl (C=O) groups is 1. The van der Waals surface area contributed by atoms with E-state index in [2.05, 4.69) is 32.3 Å². The third-order valence-corrected chi connectivity index (χ3v) is 5.28. The average Bonchev–Trinajstić information content (AvgIpc) is 3.09. The number of ether oxygens (including phenoxy) is 1. The second kappa shape index (κ2) is 7.05. The minimum atomic E-state index is -0.415. The molecule has 2 aromatic carbocycles. The molecule has 6 heteroatoms. The molecule has 1 saturated heterocycles. The molecule has 0 aliphatic carbocycles. The summed E-state index contributed by atoms with van der Waals surface area (Å²) in [5, 5.41) is 3.94. The van der Waals surface area contributed by atoms with Gasteiger partial charge in [-0.25, -0.2) is 0 Å². The number of anilines is 2. The summed E-state index contributed by atoms with van der Waals surface area (Å²) in [6.07, 6.45) is 3.50. The number of carbonyl (C=O) groups excluding carboxylic acids is 1. The predicted octanol–water partition coefficient (Wildman–Crippen LogP) is 3.51. The van der Waals surface area contributed by atoms with E-state index in [1.165, 1.54) is 5.69 Å². The normalized spacial score (nSPS) is 19.2. The number of aromatic nitrogens is 1. The second-order valence-electron chi connectivity index (χ2n) is 6.96. The monoisotopic (exact) mass is 372 g/mol. The van der Waals surface area contributed by atoms with Crippen LogP contribution in [-0.2, 0) is 9.53 Å². The molecule has 0 radical (unpaired) electrons. The van der Waals surface area contributed by atoms with Gasteiger partial charge in [0.25, 0.3) is 0 Å². The van der Waals surface area contributed by atoms with E-state index in [4.69, 9.17) is 4.74 Å². The molecule has 2 aliphatic heterocycles. The molecular formula is C22H20N4O2. The van der Waals surface area contributed by atoms with Gasteiger partial charge in [-0.15, -0.1) is 0 Å². The lowest BCUT2D eigenvalue weighted by Gasteiger charge is -2.28. The van der Waals surface area contributed by atoms with Crippen molar-refractivity contribution in [1.29, 1.82) is 0 Å². The van der Waals surface area contributed by atoms with Gasteiger partial charge in [-0.3, -0.25) is 14.8 Å². The standard InChI is InChI=1S/C22H20N4O2/c27-22-18(21-17-2-1-9-23-19(17)7-8-20(21)25-22)14-24-15-3-5-16(6-4-15)26-10-12-28-13-11-26/h1-9,14,18H,10-13H2,(H,25,27). The van der Waals surface area contributed by atoms with E-state index < -0.39 is 5.92 Å². The van der Waals surface area contributed by atoms with Gasteiger partial charge in [0.2, 0.25) is 5.91 Å². The van der Waals surface area contributed by atoms with Crippen LogP contribution in [0.3, 0.4) is 0 Å². The Morgan fingerprint density at radius 2 is 1.93 bits per heavy atom. The summed E-state index contributed by atoms with van der Waals surface area (Å²) >= 11 is 0. The van der Waals surface area contributed by atoms with Crippen molar-refractivity contribution in [3.8, 4) is 0 Å². The smallest absolute Gasteiger partial charge is 0.237 e. The Labute approximate surface area is 162 Å². The third-order valence-electron chi connectivity index (χ3n) is 5.28. The first-order valence-corrected chi connectivity index (χ1v) is 9.45. The minimum absolute atomic E-state index is 0.0555. The molecule has 3 aromatic rings. The first kappa shape index (κ1) is 16.9. The topological polar surface area (TPSA) is 66.8 Å². The van der Waals surface area contributed by atoms with Crippen LogP contribution in [0.2, 0.25) is 0 Å². The molecule has 3 heterocycles. The van der Waals surface area contributed by atoms with E-state index in [0.29, 0.717) is 0 Å². The van der Waals surface area contributed by atoms with Crippen molar-refractivity contribution in [3.05, 3.63) is 60.3 Å². The first-order chi connectivity index (χ1) is 13.8. The Kier molecular flexibility index (Phi) is 4.25. The summed E-state index contributed by atoms with van der Waals surface area (Å²) in [7, 11) is 0. The summed E-state index contributed by atoms with van der Waals surface area (Å²) in [5.74, 6) is -0.471. The Hall–Kier alpha value is -3.25. The fourth-order valence-electron chi connectivity index (χ4n) is 3.83. The molecule has 0 spiro atoms. The summed E-state index contributed by atoms with van der Waals surface area (Å²) in [6, 6.07) is 15.8. The van der Waals surface area contributed by atoms with Crippen LogP contribution in [0.25, 0.3) is 10.9 Å². The fourth-order valence-corrected chi connectivity index (χ4v) is 3.83. The second-order valence-corrected chi connectivity index (χ2v) is 6.96. The lowest BCUT2D eigenvalue weighted by molar-refractivity contribution is -0.115. The molecule has 1 aromatic heterocycles. The molecule has 28 heavy (non-hydrogen) atoms. The Morgan fingerprint density at radius 3 is 2.75 bits per heavy atom. The maximum atomic E-state index is 12.5. The zero-order chi connectivity index (χ0) is 18.9. The number of rotatable bonds is 3. The number of amides is 1. The molecule has 1 amide bonds. The Morgan fingerprint density at radius 1 is 1.11 bits per heavy atom. The van der Waals surface area contributed by atoms with Crippen LogP contribution in [0.5, 0.6) is 0 Å². The van der Waals surface area contributed by atoms with Crippen molar-refractivity contribution in [3.63, 3.8) is 0 Å². The van der Waals surface area contributed by atoms with Crippen molar-refractivity contribution >= 4 is 40.1 Å². The molecule has 140 valence electrons. The molecule has 6 nitrogen and oxygen atoms in total. The van der Waals surface area contributed by atoms with Crippen LogP contribution in [0.4, 0.5) is 17.1 Å². The van der Waals surface area contributed by atoms with Crippen molar-refractivity contribution in [2.24, 2.45) is 4.99 Å². The number of morpholine rings is 1. The van der Waals surface area contributed by atoms with Gasteiger partial charge < -0.3 is 15.0 Å². The fraction of sp³-hybridized carbons (Fsp3) is 0.227. The number of hydrogen-bond donors (Lipinski definition) is 1. The number of pyridine rings is 1. The average molecular weight is 372 g/mol. The molecular weight excluding hydrogens is 352 g/mol. The quantitative estimate of drug-likeness (QED) is 0.715. The molecule has 1 unspecified atom stereocenters.